The first kappa shape index (κ1) is 46.4. The van der Waals surface area contributed by atoms with Gasteiger partial charge in [0.2, 0.25) is 11.8 Å². The highest BCUT2D eigenvalue weighted by atomic mass is 16.6. The summed E-state index contributed by atoms with van der Waals surface area (Å²) in [5.41, 5.74) is -4.04. The molecule has 0 bridgehead atoms. The molecular formula is C32H50N8O14. The standard InChI is InChI=1S/C16H26N4O7.C16H24N4O7/c2*1-10(22)20(14(25)27-16(5,6)7)18-8-11(9-21)17-19(12(18)23)13(24)26-15(2,3)4/h21H,8-9H2,1-7H3;9H,8H2,1-7H3. The number of imide groups is 4. The van der Waals surface area contributed by atoms with Crippen molar-refractivity contribution in [2.45, 2.75) is 119 Å². The molecule has 0 unspecified atom stereocenters. The second kappa shape index (κ2) is 17.4. The summed E-state index contributed by atoms with van der Waals surface area (Å²) >= 11 is 0. The van der Waals surface area contributed by atoms with Gasteiger partial charge in [0.1, 0.15) is 28.1 Å². The van der Waals surface area contributed by atoms with E-state index in [-0.39, 0.29) is 23.0 Å². The molecule has 2 heterocycles. The molecule has 2 rings (SSSR count). The van der Waals surface area contributed by atoms with Gasteiger partial charge in [0.25, 0.3) is 0 Å². The first-order valence-corrected chi connectivity index (χ1v) is 16.3. The Morgan fingerprint density at radius 2 is 0.963 bits per heavy atom. The first-order chi connectivity index (χ1) is 24.3. The maximum Gasteiger partial charge on any atom is 0.439 e. The Bertz CT molecular complexity index is 1580. The van der Waals surface area contributed by atoms with Crippen LogP contribution in [0, 0.1) is 0 Å². The number of hydrazone groups is 2. The van der Waals surface area contributed by atoms with Gasteiger partial charge >= 0.3 is 36.4 Å². The SMILES string of the molecule is CC(=O)N(C(=O)OC(C)(C)C)N1CC(C=O)=NN(C(=O)OC(C)(C)C)C1=O.CC(=O)N(C(=O)OC(C)(C)C)N1CC(CO)=NN(C(=O)OC(C)(C)C)C1=O. The first-order valence-electron chi connectivity index (χ1n) is 16.3. The third-order valence-electron chi connectivity index (χ3n) is 5.58. The van der Waals surface area contributed by atoms with Gasteiger partial charge < -0.3 is 24.1 Å². The lowest BCUT2D eigenvalue weighted by Crippen LogP contribution is -2.61. The smallest absolute Gasteiger partial charge is 0.439 e. The van der Waals surface area contributed by atoms with Gasteiger partial charge in [-0.15, -0.1) is 20.0 Å². The van der Waals surface area contributed by atoms with Crippen LogP contribution in [-0.4, -0.2) is 143 Å². The number of hydrogen-bond acceptors (Lipinski definition) is 16. The van der Waals surface area contributed by atoms with E-state index < -0.39 is 83.8 Å². The number of aldehydes is 1. The van der Waals surface area contributed by atoms with Crippen molar-refractivity contribution in [2.75, 3.05) is 19.7 Å². The number of ether oxygens (including phenoxy) is 4. The van der Waals surface area contributed by atoms with Gasteiger partial charge in [-0.3, -0.25) is 14.4 Å². The van der Waals surface area contributed by atoms with Gasteiger partial charge in [-0.25, -0.2) is 38.8 Å². The molecule has 0 aromatic rings. The van der Waals surface area contributed by atoms with Crippen LogP contribution in [0.5, 0.6) is 0 Å². The Kier molecular flexibility index (Phi) is 15.0. The lowest BCUT2D eigenvalue weighted by molar-refractivity contribution is -0.141. The molecule has 0 fully saturated rings. The van der Waals surface area contributed by atoms with Crippen LogP contribution in [0.1, 0.15) is 96.9 Å². The van der Waals surface area contributed by atoms with Gasteiger partial charge in [-0.2, -0.15) is 10.2 Å². The summed E-state index contributed by atoms with van der Waals surface area (Å²) in [6.07, 6.45) is -4.23. The molecule has 0 aromatic heterocycles. The number of aliphatic hydroxyl groups is 1. The third-order valence-corrected chi connectivity index (χ3v) is 5.58. The van der Waals surface area contributed by atoms with Crippen molar-refractivity contribution in [1.82, 2.24) is 30.1 Å². The van der Waals surface area contributed by atoms with E-state index in [1.807, 2.05) is 0 Å². The molecule has 54 heavy (non-hydrogen) atoms. The minimum atomic E-state index is -1.16. The Morgan fingerprint density at radius 1 is 0.630 bits per heavy atom. The molecule has 0 aliphatic carbocycles. The average molecular weight is 771 g/mol. The number of amides is 10. The zero-order valence-corrected chi connectivity index (χ0v) is 33.0. The molecule has 0 radical (unpaired) electrons. The molecule has 0 spiro atoms. The summed E-state index contributed by atoms with van der Waals surface area (Å²) in [6.45, 7) is 19.6. The predicted molar refractivity (Wildman–Crippen MR) is 186 cm³/mol. The molecule has 10 amide bonds. The van der Waals surface area contributed by atoms with Crippen molar-refractivity contribution in [3.8, 4) is 0 Å². The monoisotopic (exact) mass is 770 g/mol. The highest BCUT2D eigenvalue weighted by molar-refractivity contribution is 6.30. The van der Waals surface area contributed by atoms with E-state index in [4.69, 9.17) is 18.9 Å². The number of hydrogen-bond donors (Lipinski definition) is 1. The van der Waals surface area contributed by atoms with Crippen molar-refractivity contribution in [1.29, 1.82) is 0 Å². The second-order valence-electron chi connectivity index (χ2n) is 15.4. The zero-order valence-electron chi connectivity index (χ0n) is 33.0. The molecule has 2 aliphatic rings. The summed E-state index contributed by atoms with van der Waals surface area (Å²) < 4.78 is 20.4. The van der Waals surface area contributed by atoms with E-state index >= 15 is 0 Å². The number of nitrogens with zero attached hydrogens (tertiary/aromatic N) is 8. The quantitative estimate of drug-likeness (QED) is 0.317. The van der Waals surface area contributed by atoms with Crippen molar-refractivity contribution in [3.63, 3.8) is 0 Å². The van der Waals surface area contributed by atoms with E-state index in [1.165, 1.54) is 0 Å². The summed E-state index contributed by atoms with van der Waals surface area (Å²) in [6, 6.07) is -2.24. The van der Waals surface area contributed by atoms with Gasteiger partial charge in [0.15, 0.2) is 6.29 Å². The minimum Gasteiger partial charge on any atom is -0.442 e. The lowest BCUT2D eigenvalue weighted by Gasteiger charge is -2.37. The van der Waals surface area contributed by atoms with Crippen LogP contribution < -0.4 is 0 Å². The van der Waals surface area contributed by atoms with Crippen LogP contribution in [0.2, 0.25) is 0 Å². The molecule has 302 valence electrons. The molecule has 22 heteroatoms. The number of rotatable bonds is 4. The fourth-order valence-corrected chi connectivity index (χ4v) is 3.81. The molecule has 0 saturated carbocycles. The third kappa shape index (κ3) is 14.0. The second-order valence-corrected chi connectivity index (χ2v) is 15.4. The Labute approximate surface area is 312 Å². The van der Waals surface area contributed by atoms with Crippen LogP contribution in [0.15, 0.2) is 10.2 Å². The largest absolute Gasteiger partial charge is 0.442 e. The normalized spacial score (nSPS) is 15.2. The van der Waals surface area contributed by atoms with E-state index in [2.05, 4.69) is 10.2 Å². The van der Waals surface area contributed by atoms with Crippen LogP contribution >= 0.6 is 0 Å². The number of urea groups is 2. The van der Waals surface area contributed by atoms with Crippen molar-refractivity contribution >= 4 is 66.0 Å². The van der Waals surface area contributed by atoms with Gasteiger partial charge in [-0.05, 0) is 83.1 Å². The zero-order chi connectivity index (χ0) is 42.3. The fourth-order valence-electron chi connectivity index (χ4n) is 3.81. The van der Waals surface area contributed by atoms with Gasteiger partial charge in [-0.1, -0.05) is 0 Å². The van der Waals surface area contributed by atoms with E-state index in [0.29, 0.717) is 31.3 Å². The summed E-state index contributed by atoms with van der Waals surface area (Å²) in [5.74, 6) is -1.67. The van der Waals surface area contributed by atoms with Gasteiger partial charge in [0, 0.05) is 13.8 Å². The Balaban J connectivity index is 0.000000540. The summed E-state index contributed by atoms with van der Waals surface area (Å²) in [7, 11) is 0. The van der Waals surface area contributed by atoms with Crippen molar-refractivity contribution < 1.29 is 67.2 Å². The molecule has 2 aliphatic heterocycles. The molecule has 0 saturated heterocycles. The van der Waals surface area contributed by atoms with Crippen LogP contribution in [0.4, 0.5) is 28.8 Å². The Hall–Kier alpha value is -5.67. The molecule has 22 nitrogen and oxygen atoms in total. The van der Waals surface area contributed by atoms with Crippen molar-refractivity contribution in [3.05, 3.63) is 0 Å². The highest BCUT2D eigenvalue weighted by Gasteiger charge is 2.44. The number of hydrazine groups is 2. The summed E-state index contributed by atoms with van der Waals surface area (Å²) in [5, 5.41) is 19.5. The lowest BCUT2D eigenvalue weighted by atomic mass is 10.2. The van der Waals surface area contributed by atoms with E-state index in [0.717, 1.165) is 13.8 Å². The van der Waals surface area contributed by atoms with Crippen LogP contribution in [0.25, 0.3) is 0 Å². The summed E-state index contributed by atoms with van der Waals surface area (Å²) in [4.78, 5) is 110. The van der Waals surface area contributed by atoms with Gasteiger partial charge in [0.05, 0.1) is 25.4 Å². The van der Waals surface area contributed by atoms with E-state index in [1.54, 1.807) is 83.1 Å². The number of carbonyl (C=O) groups excluding carboxylic acids is 9. The van der Waals surface area contributed by atoms with Crippen molar-refractivity contribution in [2.24, 2.45) is 10.2 Å². The van der Waals surface area contributed by atoms with Crippen LogP contribution in [0.3, 0.4) is 0 Å². The fraction of sp³-hybridized carbons (Fsp3) is 0.656. The average Bonchev–Trinajstić information content (AvgIpc) is 2.95. The van der Waals surface area contributed by atoms with Crippen LogP contribution in [-0.2, 0) is 33.3 Å². The number of carbonyl (C=O) groups is 9. The predicted octanol–water partition coefficient (Wildman–Crippen LogP) is 3.62. The Morgan fingerprint density at radius 3 is 1.26 bits per heavy atom. The molecule has 0 atom stereocenters. The molecular weight excluding hydrogens is 720 g/mol. The maximum atomic E-state index is 12.7. The van der Waals surface area contributed by atoms with E-state index in [9.17, 15) is 48.3 Å². The highest BCUT2D eigenvalue weighted by Crippen LogP contribution is 2.21. The maximum absolute atomic E-state index is 12.7. The molecule has 1 N–H and O–H groups in total. The minimum absolute atomic E-state index is 0.0322. The number of aliphatic hydroxyl groups excluding tert-OH is 1. The molecule has 0 aromatic carbocycles. The topological polar surface area (TPSA) is 255 Å².